The predicted molar refractivity (Wildman–Crippen MR) is 62.0 cm³/mol. The summed E-state index contributed by atoms with van der Waals surface area (Å²) in [6, 6.07) is 0. The number of hydrogen-bond acceptors (Lipinski definition) is 5. The fourth-order valence-electron chi connectivity index (χ4n) is 0.844. The molecule has 8 nitrogen and oxygen atoms in total. The second-order valence-corrected chi connectivity index (χ2v) is 5.72. The quantitative estimate of drug-likeness (QED) is 0.226. The maximum atomic E-state index is 10.9. The van der Waals surface area contributed by atoms with Crippen LogP contribution in [0.15, 0.2) is 0 Å². The number of aldehydes is 1. The van der Waals surface area contributed by atoms with Crippen molar-refractivity contribution < 1.29 is 37.4 Å². The SMILES string of the molecule is O=CCCCCCOP(=O)(O)OP(=O)(O)O.[SrH2]. The van der Waals surface area contributed by atoms with E-state index in [-0.39, 0.29) is 52.1 Å². The Bertz CT molecular complexity index is 302. The van der Waals surface area contributed by atoms with Gasteiger partial charge in [0.25, 0.3) is 0 Å². The normalized spacial score (nSPS) is 14.8. The van der Waals surface area contributed by atoms with E-state index in [9.17, 15) is 13.9 Å². The molecule has 0 saturated carbocycles. The number of phosphoric acid groups is 2. The van der Waals surface area contributed by atoms with Gasteiger partial charge in [0.2, 0.25) is 0 Å². The molecule has 0 aliphatic rings. The van der Waals surface area contributed by atoms with E-state index in [1.165, 1.54) is 0 Å². The molecular weight excluding hydrogens is 350 g/mol. The number of hydrogen-bond donors (Lipinski definition) is 3. The van der Waals surface area contributed by atoms with Crippen molar-refractivity contribution in [2.75, 3.05) is 6.61 Å². The van der Waals surface area contributed by atoms with Gasteiger partial charge in [-0.2, -0.15) is 4.31 Å². The summed E-state index contributed by atoms with van der Waals surface area (Å²) in [5.74, 6) is 0. The van der Waals surface area contributed by atoms with E-state index < -0.39 is 15.6 Å². The molecule has 11 heteroatoms. The van der Waals surface area contributed by atoms with Crippen LogP contribution in [0, 0.1) is 0 Å². The van der Waals surface area contributed by atoms with Gasteiger partial charge in [-0.05, 0) is 12.8 Å². The molecule has 0 aromatic carbocycles. The molecule has 100 valence electrons. The Morgan fingerprint density at radius 3 is 2.12 bits per heavy atom. The molecule has 0 aliphatic heterocycles. The minimum atomic E-state index is -5.04. The Balaban J connectivity index is 0. The van der Waals surface area contributed by atoms with Crippen LogP contribution in [0.3, 0.4) is 0 Å². The molecule has 3 N–H and O–H groups in total. The van der Waals surface area contributed by atoms with Crippen LogP contribution in [0.5, 0.6) is 0 Å². The zero-order valence-electron chi connectivity index (χ0n) is 8.39. The Morgan fingerprint density at radius 2 is 1.65 bits per heavy atom. The Labute approximate surface area is 136 Å². The summed E-state index contributed by atoms with van der Waals surface area (Å²) < 4.78 is 29.0. The van der Waals surface area contributed by atoms with Gasteiger partial charge >= 0.3 is 61.1 Å². The van der Waals surface area contributed by atoms with Gasteiger partial charge in [0.15, 0.2) is 0 Å². The first-order valence-electron chi connectivity index (χ1n) is 4.45. The van der Waals surface area contributed by atoms with Gasteiger partial charge in [-0.15, -0.1) is 0 Å². The van der Waals surface area contributed by atoms with Gasteiger partial charge in [0, 0.05) is 6.42 Å². The van der Waals surface area contributed by atoms with E-state index >= 15 is 0 Å². The van der Waals surface area contributed by atoms with Crippen LogP contribution >= 0.6 is 15.6 Å². The summed E-state index contributed by atoms with van der Waals surface area (Å²) in [7, 11) is -9.74. The first-order chi connectivity index (χ1) is 7.27. The van der Waals surface area contributed by atoms with E-state index in [0.29, 0.717) is 25.7 Å². The van der Waals surface area contributed by atoms with Crippen LogP contribution in [-0.4, -0.2) is 73.1 Å². The van der Waals surface area contributed by atoms with Crippen molar-refractivity contribution in [2.24, 2.45) is 0 Å². The number of phosphoric ester groups is 1. The summed E-state index contributed by atoms with van der Waals surface area (Å²) in [5, 5.41) is 0. The van der Waals surface area contributed by atoms with E-state index in [0.717, 1.165) is 6.29 Å². The topological polar surface area (TPSA) is 130 Å². The van der Waals surface area contributed by atoms with Crippen LogP contribution in [0.25, 0.3) is 0 Å². The summed E-state index contributed by atoms with van der Waals surface area (Å²) >= 11 is 0. The first-order valence-corrected chi connectivity index (χ1v) is 7.47. The summed E-state index contributed by atoms with van der Waals surface area (Å²) in [4.78, 5) is 35.3. The standard InChI is InChI=1S/C6H14O8P2.Sr.2H/c7-5-3-1-2-4-6-13-16(11,12)14-15(8,9)10;;;/h5H,1-4,6H2,(H,11,12)(H2,8,9,10);;;. The van der Waals surface area contributed by atoms with Crippen LogP contribution < -0.4 is 0 Å². The molecule has 1 unspecified atom stereocenters. The van der Waals surface area contributed by atoms with Gasteiger partial charge in [0.1, 0.15) is 6.29 Å². The predicted octanol–water partition coefficient (Wildman–Crippen LogP) is 0.0558. The fraction of sp³-hybridized carbons (Fsp3) is 0.833. The van der Waals surface area contributed by atoms with Gasteiger partial charge in [-0.3, -0.25) is 4.52 Å². The molecule has 0 saturated heterocycles. The minimum absolute atomic E-state index is 0. The van der Waals surface area contributed by atoms with E-state index in [1.807, 2.05) is 0 Å². The number of unbranched alkanes of at least 4 members (excludes halogenated alkanes) is 3. The van der Waals surface area contributed by atoms with E-state index in [4.69, 9.17) is 14.7 Å². The summed E-state index contributed by atoms with van der Waals surface area (Å²) in [6.07, 6.45) is 2.78. The van der Waals surface area contributed by atoms with Crippen molar-refractivity contribution in [3.63, 3.8) is 0 Å². The molecule has 0 rings (SSSR count). The van der Waals surface area contributed by atoms with Crippen LogP contribution in [0.4, 0.5) is 0 Å². The van der Waals surface area contributed by atoms with Crippen molar-refractivity contribution >= 4 is 67.4 Å². The molecule has 0 aromatic rings. The van der Waals surface area contributed by atoms with E-state index in [1.54, 1.807) is 0 Å². The number of carbonyl (C=O) groups excluding carboxylic acids is 1. The zero-order chi connectivity index (χ0) is 12.7. The summed E-state index contributed by atoms with van der Waals surface area (Å²) in [6.45, 7) is -0.174. The van der Waals surface area contributed by atoms with Crippen LogP contribution in [-0.2, 0) is 22.8 Å². The fourth-order valence-corrected chi connectivity index (χ4v) is 2.47. The van der Waals surface area contributed by atoms with Crippen molar-refractivity contribution in [1.82, 2.24) is 0 Å². The Morgan fingerprint density at radius 1 is 1.06 bits per heavy atom. The molecular formula is C6H16O8P2Sr. The number of carbonyl (C=O) groups is 1. The average molecular weight is 366 g/mol. The van der Waals surface area contributed by atoms with Crippen molar-refractivity contribution in [1.29, 1.82) is 0 Å². The maximum absolute atomic E-state index is 10.9. The van der Waals surface area contributed by atoms with E-state index in [2.05, 4.69) is 8.83 Å². The molecule has 0 heterocycles. The molecule has 0 aromatic heterocycles. The molecule has 0 fully saturated rings. The average Bonchev–Trinajstić information content (AvgIpc) is 2.06. The number of rotatable bonds is 9. The zero-order valence-corrected chi connectivity index (χ0v) is 10.2. The molecule has 0 spiro atoms. The third-order valence-electron chi connectivity index (χ3n) is 1.43. The third-order valence-corrected chi connectivity index (χ3v) is 3.62. The Kier molecular flexibility index (Phi) is 12.5. The molecule has 0 amide bonds. The second-order valence-electron chi connectivity index (χ2n) is 2.89. The van der Waals surface area contributed by atoms with Crippen molar-refractivity contribution in [3.05, 3.63) is 0 Å². The molecule has 17 heavy (non-hydrogen) atoms. The molecule has 1 atom stereocenters. The second kappa shape index (κ2) is 10.2. The summed E-state index contributed by atoms with van der Waals surface area (Å²) in [5.41, 5.74) is 0. The molecule has 0 aliphatic carbocycles. The van der Waals surface area contributed by atoms with Crippen LogP contribution in [0.1, 0.15) is 25.7 Å². The van der Waals surface area contributed by atoms with Crippen molar-refractivity contribution in [3.8, 4) is 0 Å². The van der Waals surface area contributed by atoms with Crippen molar-refractivity contribution in [2.45, 2.75) is 25.7 Å². The van der Waals surface area contributed by atoms with Gasteiger partial charge in [0.05, 0.1) is 6.61 Å². The molecule has 0 radical (unpaired) electrons. The third kappa shape index (κ3) is 15.4. The van der Waals surface area contributed by atoms with Gasteiger partial charge in [-0.1, -0.05) is 6.42 Å². The van der Waals surface area contributed by atoms with Gasteiger partial charge in [-0.25, -0.2) is 9.13 Å². The first kappa shape index (κ1) is 20.7. The van der Waals surface area contributed by atoms with Crippen LogP contribution in [0.2, 0.25) is 0 Å². The monoisotopic (exact) mass is 366 g/mol. The molecule has 0 bridgehead atoms. The van der Waals surface area contributed by atoms with Gasteiger partial charge < -0.3 is 19.5 Å². The Hall–Kier alpha value is 1.41.